The van der Waals surface area contributed by atoms with Crippen molar-refractivity contribution < 1.29 is 0 Å². The van der Waals surface area contributed by atoms with Crippen molar-refractivity contribution in [2.24, 2.45) is 30.0 Å². The number of aliphatic imine (C=N–C) groups is 4. The Kier molecular flexibility index (Phi) is 11.6. The van der Waals surface area contributed by atoms with Gasteiger partial charge >= 0.3 is 281 Å². The number of amidine groups is 4. The molecule has 0 aromatic carbocycles. The number of rotatable bonds is 12. The van der Waals surface area contributed by atoms with Crippen LogP contribution in [0.2, 0.25) is 0 Å². The Labute approximate surface area is 293 Å². The molecule has 12 heteroatoms. The number of hydrogen-bond acceptors (Lipinski definition) is 8. The van der Waals surface area contributed by atoms with E-state index in [-0.39, 0.29) is 38.0 Å². The molecule has 46 heavy (non-hydrogen) atoms. The van der Waals surface area contributed by atoms with Crippen LogP contribution in [0.15, 0.2) is 52.2 Å². The molecule has 1 aromatic rings. The minimum absolute atomic E-state index is 0. The zero-order valence-electron chi connectivity index (χ0n) is 28.1. The van der Waals surface area contributed by atoms with Gasteiger partial charge in [0, 0.05) is 0 Å². The van der Waals surface area contributed by atoms with E-state index >= 15 is 0 Å². The van der Waals surface area contributed by atoms with Gasteiger partial charge in [0.2, 0.25) is 0 Å². The van der Waals surface area contributed by atoms with Gasteiger partial charge in [-0.3, -0.25) is 0 Å². The van der Waals surface area contributed by atoms with Gasteiger partial charge in [-0.15, -0.1) is 0 Å². The summed E-state index contributed by atoms with van der Waals surface area (Å²) in [5.41, 5.74) is 9.79. The Bertz CT molecular complexity index is 1750. The van der Waals surface area contributed by atoms with Gasteiger partial charge in [-0.1, -0.05) is 13.8 Å². The van der Waals surface area contributed by atoms with E-state index in [0.717, 1.165) is 110 Å². The second-order valence-electron chi connectivity index (χ2n) is 11.8. The van der Waals surface area contributed by atoms with Gasteiger partial charge in [0.1, 0.15) is 0 Å². The fourth-order valence-corrected chi connectivity index (χ4v) is 7.53. The van der Waals surface area contributed by atoms with Gasteiger partial charge < -0.3 is 0 Å². The largest absolute Gasteiger partial charge is 2.00 e. The van der Waals surface area contributed by atoms with Crippen LogP contribution in [-0.2, 0) is 12.8 Å². The summed E-state index contributed by atoms with van der Waals surface area (Å²) in [6.45, 7) is 13.2. The van der Waals surface area contributed by atoms with Crippen LogP contribution in [0.1, 0.15) is 117 Å². The summed E-state index contributed by atoms with van der Waals surface area (Å²) < 4.78 is 9.44. The van der Waals surface area contributed by atoms with E-state index in [1.807, 2.05) is 0 Å². The van der Waals surface area contributed by atoms with E-state index in [1.165, 1.54) is 11.1 Å². The third kappa shape index (κ3) is 6.50. The quantitative estimate of drug-likeness (QED) is 0.225. The van der Waals surface area contributed by atoms with Crippen molar-refractivity contribution in [2.45, 2.75) is 119 Å². The SMILES string of the molecule is CCCC1=C(CCC)C2=Nc3nc(c4[n-][se]nc3-4)N=C3N=C(N=c4[n-]c(c(CCC)c4CCC)=NC1=N2)C(CCC)=C3CCC.[Mg+2]. The molecule has 6 rings (SSSR count). The molecule has 0 radical (unpaired) electrons. The minimum Gasteiger partial charge on any atom is 2.00 e. The van der Waals surface area contributed by atoms with E-state index in [0.29, 0.717) is 46.4 Å². The van der Waals surface area contributed by atoms with Crippen molar-refractivity contribution in [3.63, 3.8) is 0 Å². The van der Waals surface area contributed by atoms with Crippen LogP contribution in [0.5, 0.6) is 0 Å². The molecule has 5 aliphatic rings. The fourth-order valence-electron chi connectivity index (χ4n) is 6.39. The third-order valence-electron chi connectivity index (χ3n) is 8.32. The van der Waals surface area contributed by atoms with Crippen LogP contribution in [0, 0.1) is 0 Å². The summed E-state index contributed by atoms with van der Waals surface area (Å²) in [6.07, 6.45) is 11.1. The average molecular weight is 694 g/mol. The molecule has 5 aliphatic heterocycles. The predicted molar refractivity (Wildman–Crippen MR) is 187 cm³/mol. The Hall–Kier alpha value is -2.79. The molecule has 0 atom stereocenters. The maximum atomic E-state index is 5.23. The molecule has 0 saturated carbocycles. The number of aromatic nitrogens is 4. The Morgan fingerprint density at radius 3 is 1.35 bits per heavy atom. The van der Waals surface area contributed by atoms with Crippen molar-refractivity contribution in [3.8, 4) is 11.4 Å². The van der Waals surface area contributed by atoms with Crippen LogP contribution in [-0.4, -0.2) is 70.3 Å². The van der Waals surface area contributed by atoms with Gasteiger partial charge in [-0.2, -0.15) is 0 Å². The van der Waals surface area contributed by atoms with Gasteiger partial charge in [-0.05, 0) is 0 Å². The van der Waals surface area contributed by atoms with Gasteiger partial charge in [0.05, 0.1) is 0 Å². The van der Waals surface area contributed by atoms with E-state index in [1.54, 1.807) is 0 Å². The van der Waals surface area contributed by atoms with Crippen LogP contribution >= 0.6 is 0 Å². The summed E-state index contributed by atoms with van der Waals surface area (Å²) in [5.74, 6) is 3.80. The number of nitrogens with zero attached hydrogens (tertiary/aromatic N) is 10. The zero-order valence-corrected chi connectivity index (χ0v) is 31.2. The minimum atomic E-state index is -0.257. The summed E-state index contributed by atoms with van der Waals surface area (Å²) >= 11 is -0.257. The predicted octanol–water partition coefficient (Wildman–Crippen LogP) is 5.71. The van der Waals surface area contributed by atoms with Crippen LogP contribution in [0.4, 0.5) is 11.6 Å². The number of fused-ring (bicyclic) bond motifs is 9. The molecule has 0 aliphatic carbocycles. The summed E-state index contributed by atoms with van der Waals surface area (Å²) in [6, 6.07) is 0. The smallest absolute Gasteiger partial charge is 2.00 e. The molecule has 10 nitrogen and oxygen atoms in total. The molecule has 0 saturated heterocycles. The first-order valence-electron chi connectivity index (χ1n) is 16.8. The first-order chi connectivity index (χ1) is 22.0. The zero-order chi connectivity index (χ0) is 31.5. The summed E-state index contributed by atoms with van der Waals surface area (Å²) in [7, 11) is 0. The summed E-state index contributed by atoms with van der Waals surface area (Å²) in [4.78, 5) is 40.8. The third-order valence-corrected chi connectivity index (χ3v) is 9.43. The normalized spacial score (nSPS) is 15.9. The molecule has 1 aromatic heterocycles. The van der Waals surface area contributed by atoms with Crippen molar-refractivity contribution >= 4 is 73.0 Å². The molecule has 236 valence electrons. The molecule has 0 N–H and O–H groups in total. The van der Waals surface area contributed by atoms with Crippen molar-refractivity contribution in [2.75, 3.05) is 0 Å². The van der Waals surface area contributed by atoms with E-state index in [4.69, 9.17) is 47.9 Å². The second kappa shape index (κ2) is 15.4. The monoisotopic (exact) mass is 694 g/mol. The number of hydrogen-bond donors (Lipinski definition) is 0. The second-order valence-corrected chi connectivity index (χ2v) is 12.9. The first-order valence-corrected chi connectivity index (χ1v) is 18.3. The van der Waals surface area contributed by atoms with E-state index < -0.39 is 0 Å². The van der Waals surface area contributed by atoms with Crippen LogP contribution in [0.3, 0.4) is 0 Å². The van der Waals surface area contributed by atoms with Gasteiger partial charge in [0.25, 0.3) is 0 Å². The molecule has 0 unspecified atom stereocenters. The van der Waals surface area contributed by atoms with E-state index in [9.17, 15) is 0 Å². The standard InChI is InChI=1S/C34H42N10Se.Mg/c1-7-13-19-20(14-8-2)28-35-27(19)36-29-21(15-9-3)23(17-11-5)31(38-29)40-33-25-26(44-45-43-25)34(42-33)41-32-24(18-12-6)22(16-10-4)30(37-28)39-32;/h7-18H2,1-6H3;/q-2;+2. The Morgan fingerprint density at radius 1 is 0.500 bits per heavy atom. The average Bonchev–Trinajstić information content (AvgIpc) is 3.82. The fraction of sp³-hybridized carbons (Fsp3) is 0.529. The van der Waals surface area contributed by atoms with Gasteiger partial charge in [-0.25, -0.2) is 0 Å². The first kappa shape index (κ1) is 34.5. The maximum Gasteiger partial charge on any atom is 2.00 e. The molecule has 0 amide bonds. The molecular formula is C34H42MgN10Se. The van der Waals surface area contributed by atoms with Crippen molar-refractivity contribution in [3.05, 3.63) is 44.4 Å². The molecule has 0 spiro atoms. The maximum absolute atomic E-state index is 5.23. The Morgan fingerprint density at radius 2 is 0.913 bits per heavy atom. The molecule has 8 bridgehead atoms. The van der Waals surface area contributed by atoms with Crippen molar-refractivity contribution in [1.82, 2.24) is 17.9 Å². The van der Waals surface area contributed by atoms with E-state index in [2.05, 4.69) is 41.5 Å². The van der Waals surface area contributed by atoms with Gasteiger partial charge in [0.15, 0.2) is 0 Å². The van der Waals surface area contributed by atoms with Crippen LogP contribution < -0.4 is 19.9 Å². The molecular weight excluding hydrogens is 652 g/mol. The Balaban J connectivity index is 0.00000417. The molecule has 6 heterocycles. The molecule has 0 fully saturated rings. The topological polar surface area (TPSA) is 128 Å². The summed E-state index contributed by atoms with van der Waals surface area (Å²) in [5, 5.41) is 0. The van der Waals surface area contributed by atoms with Crippen LogP contribution in [0.25, 0.3) is 11.4 Å². The van der Waals surface area contributed by atoms with Crippen molar-refractivity contribution in [1.29, 1.82) is 0 Å².